The van der Waals surface area contributed by atoms with Crippen LogP contribution in [0.5, 0.6) is 0 Å². The van der Waals surface area contributed by atoms with Crippen LogP contribution in [-0.2, 0) is 0 Å². The second kappa shape index (κ2) is 4.46. The van der Waals surface area contributed by atoms with E-state index in [9.17, 15) is 4.79 Å². The molecule has 19 heavy (non-hydrogen) atoms. The molecule has 1 fully saturated rings. The molecule has 0 saturated carbocycles. The van der Waals surface area contributed by atoms with Crippen molar-refractivity contribution < 1.29 is 9.90 Å². The number of amides is 1. The Hall–Kier alpha value is -2.24. The van der Waals surface area contributed by atoms with Crippen LogP contribution in [0.4, 0.5) is 4.79 Å². The molecule has 0 atom stereocenters. The van der Waals surface area contributed by atoms with Gasteiger partial charge in [0.2, 0.25) is 5.62 Å². The van der Waals surface area contributed by atoms with Crippen LogP contribution in [0.3, 0.4) is 0 Å². The Morgan fingerprint density at radius 1 is 1.32 bits per heavy atom. The van der Waals surface area contributed by atoms with E-state index >= 15 is 0 Å². The molecule has 0 radical (unpaired) electrons. The van der Waals surface area contributed by atoms with Crippen molar-refractivity contribution in [2.75, 3.05) is 13.1 Å². The second-order valence-electron chi connectivity index (χ2n) is 4.86. The maximum atomic E-state index is 10.9. The number of hydrogen-bond acceptors (Lipinski definition) is 2. The first kappa shape index (κ1) is 11.8. The van der Waals surface area contributed by atoms with E-state index in [2.05, 4.69) is 4.98 Å². The van der Waals surface area contributed by atoms with Crippen molar-refractivity contribution in [3.8, 4) is 0 Å². The molecule has 3 N–H and O–H groups in total. The lowest BCUT2D eigenvalue weighted by Crippen LogP contribution is -2.39. The molecule has 1 aromatic heterocycles. The molecule has 1 aliphatic rings. The lowest BCUT2D eigenvalue weighted by atomic mass is 10.0. The fourth-order valence-electron chi connectivity index (χ4n) is 2.79. The predicted molar refractivity (Wildman–Crippen MR) is 70.0 cm³/mol. The van der Waals surface area contributed by atoms with Crippen LogP contribution in [0.25, 0.3) is 11.0 Å². The zero-order valence-electron chi connectivity index (χ0n) is 10.5. The van der Waals surface area contributed by atoms with Crippen LogP contribution >= 0.6 is 0 Å². The first-order chi connectivity index (χ1) is 9.16. The van der Waals surface area contributed by atoms with Crippen molar-refractivity contribution in [3.05, 3.63) is 29.9 Å². The Morgan fingerprint density at radius 3 is 2.68 bits per heavy atom. The lowest BCUT2D eigenvalue weighted by molar-refractivity contribution is 0.125. The maximum absolute atomic E-state index is 10.9. The number of nitrogens with one attached hydrogen (secondary N) is 2. The molecule has 1 saturated heterocycles. The molecule has 6 heteroatoms. The number of likely N-dealkylation sites (tertiary alicyclic amines) is 1. The third-order valence-corrected chi connectivity index (χ3v) is 3.76. The quantitative estimate of drug-likeness (QED) is 0.730. The van der Waals surface area contributed by atoms with Gasteiger partial charge in [0.1, 0.15) is 0 Å². The van der Waals surface area contributed by atoms with Crippen molar-refractivity contribution in [2.24, 2.45) is 0 Å². The number of fused-ring (bicyclic) bond motifs is 1. The summed E-state index contributed by atoms with van der Waals surface area (Å²) in [4.78, 5) is 15.4. The Morgan fingerprint density at radius 2 is 2.00 bits per heavy atom. The van der Waals surface area contributed by atoms with Gasteiger partial charge in [-0.1, -0.05) is 12.1 Å². The van der Waals surface area contributed by atoms with Gasteiger partial charge in [-0.25, -0.2) is 4.79 Å². The summed E-state index contributed by atoms with van der Waals surface area (Å²) in [6.07, 6.45) is 0.656. The first-order valence-electron chi connectivity index (χ1n) is 6.38. The van der Waals surface area contributed by atoms with Crippen molar-refractivity contribution in [1.82, 2.24) is 14.5 Å². The van der Waals surface area contributed by atoms with E-state index in [-0.39, 0.29) is 6.04 Å². The minimum atomic E-state index is -0.853. The zero-order chi connectivity index (χ0) is 13.4. The molecule has 0 bridgehead atoms. The third-order valence-electron chi connectivity index (χ3n) is 3.76. The fourth-order valence-corrected chi connectivity index (χ4v) is 2.79. The summed E-state index contributed by atoms with van der Waals surface area (Å²) < 4.78 is 1.98. The molecule has 2 aromatic rings. The second-order valence-corrected chi connectivity index (χ2v) is 4.86. The number of hydrogen-bond donors (Lipinski definition) is 3. The van der Waals surface area contributed by atoms with Gasteiger partial charge in [-0.15, -0.1) is 0 Å². The van der Waals surface area contributed by atoms with Gasteiger partial charge < -0.3 is 19.6 Å². The van der Waals surface area contributed by atoms with E-state index < -0.39 is 6.09 Å². The number of H-pyrrole nitrogens is 1. The van der Waals surface area contributed by atoms with Gasteiger partial charge >= 0.3 is 6.09 Å². The van der Waals surface area contributed by atoms with E-state index in [4.69, 9.17) is 10.5 Å². The van der Waals surface area contributed by atoms with Gasteiger partial charge in [0.25, 0.3) is 0 Å². The van der Waals surface area contributed by atoms with Gasteiger partial charge in [0.15, 0.2) is 0 Å². The highest BCUT2D eigenvalue weighted by Crippen LogP contribution is 2.24. The molecule has 0 spiro atoms. The van der Waals surface area contributed by atoms with Crippen LogP contribution in [0.2, 0.25) is 0 Å². The molecule has 6 nitrogen and oxygen atoms in total. The fraction of sp³-hybridized carbons (Fsp3) is 0.385. The highest BCUT2D eigenvalue weighted by molar-refractivity contribution is 5.75. The summed E-state index contributed by atoms with van der Waals surface area (Å²) in [6, 6.07) is 8.04. The van der Waals surface area contributed by atoms with Crippen molar-refractivity contribution in [2.45, 2.75) is 18.9 Å². The van der Waals surface area contributed by atoms with E-state index in [0.29, 0.717) is 18.7 Å². The molecular weight excluding hydrogens is 244 g/mol. The molecule has 1 aromatic carbocycles. The van der Waals surface area contributed by atoms with Gasteiger partial charge in [0, 0.05) is 19.1 Å². The average molecular weight is 260 g/mol. The minimum absolute atomic E-state index is 0.194. The largest absolute Gasteiger partial charge is 0.465 e. The molecular formula is C13H16N4O2. The van der Waals surface area contributed by atoms with Crippen LogP contribution in [0.15, 0.2) is 24.3 Å². The molecule has 1 aliphatic heterocycles. The SMILES string of the molecule is N=c1[nH]c2ccccc2n1C1CCN(C(=O)O)CC1. The molecule has 0 unspecified atom stereocenters. The van der Waals surface area contributed by atoms with Gasteiger partial charge in [0.05, 0.1) is 11.0 Å². The number of nitrogens with zero attached hydrogens (tertiary/aromatic N) is 2. The summed E-state index contributed by atoms with van der Waals surface area (Å²) in [5.41, 5.74) is 2.35. The van der Waals surface area contributed by atoms with Gasteiger partial charge in [-0.3, -0.25) is 5.41 Å². The number of para-hydroxylation sites is 2. The molecule has 100 valence electrons. The summed E-state index contributed by atoms with van der Waals surface area (Å²) >= 11 is 0. The zero-order valence-corrected chi connectivity index (χ0v) is 10.5. The highest BCUT2D eigenvalue weighted by atomic mass is 16.4. The Balaban J connectivity index is 1.92. The van der Waals surface area contributed by atoms with Crippen LogP contribution in [0.1, 0.15) is 18.9 Å². The van der Waals surface area contributed by atoms with Crippen LogP contribution < -0.4 is 5.62 Å². The highest BCUT2D eigenvalue weighted by Gasteiger charge is 2.24. The average Bonchev–Trinajstić information content (AvgIpc) is 2.74. The lowest BCUT2D eigenvalue weighted by Gasteiger charge is -2.30. The molecule has 3 rings (SSSR count). The van der Waals surface area contributed by atoms with Crippen molar-refractivity contribution in [1.29, 1.82) is 5.41 Å². The summed E-state index contributed by atoms with van der Waals surface area (Å²) in [5, 5.41) is 17.0. The topological polar surface area (TPSA) is 85.1 Å². The van der Waals surface area contributed by atoms with E-state index in [1.807, 2.05) is 28.8 Å². The summed E-state index contributed by atoms with van der Waals surface area (Å²) in [6.45, 7) is 1.07. The Bertz CT molecular complexity index is 665. The van der Waals surface area contributed by atoms with E-state index in [0.717, 1.165) is 23.9 Å². The number of carbonyl (C=O) groups is 1. The summed E-state index contributed by atoms with van der Waals surface area (Å²) in [7, 11) is 0. The maximum Gasteiger partial charge on any atom is 0.407 e. The standard InChI is InChI=1S/C13H16N4O2/c14-12-15-10-3-1-2-4-11(10)17(12)9-5-7-16(8-6-9)13(18)19/h1-4,9H,5-8H2,(H2,14,15)(H,18,19). The number of rotatable bonds is 1. The van der Waals surface area contributed by atoms with E-state index in [1.165, 1.54) is 4.90 Å². The number of imidazole rings is 1. The predicted octanol–water partition coefficient (Wildman–Crippen LogP) is 1.76. The molecule has 2 heterocycles. The molecule has 1 amide bonds. The smallest absolute Gasteiger partial charge is 0.407 e. The number of aromatic amines is 1. The summed E-state index contributed by atoms with van der Waals surface area (Å²) in [5.74, 6) is 0. The third kappa shape index (κ3) is 1.99. The number of aromatic nitrogens is 2. The number of benzene rings is 1. The van der Waals surface area contributed by atoms with Gasteiger partial charge in [-0.05, 0) is 25.0 Å². The van der Waals surface area contributed by atoms with Crippen LogP contribution in [0, 0.1) is 5.41 Å². The first-order valence-corrected chi connectivity index (χ1v) is 6.38. The van der Waals surface area contributed by atoms with Crippen molar-refractivity contribution >= 4 is 17.1 Å². The Labute approximate surface area is 109 Å². The minimum Gasteiger partial charge on any atom is -0.465 e. The monoisotopic (exact) mass is 260 g/mol. The van der Waals surface area contributed by atoms with Crippen molar-refractivity contribution in [3.63, 3.8) is 0 Å². The normalized spacial score (nSPS) is 16.9. The molecule has 0 aliphatic carbocycles. The number of piperidine rings is 1. The van der Waals surface area contributed by atoms with Crippen LogP contribution in [-0.4, -0.2) is 38.7 Å². The van der Waals surface area contributed by atoms with Gasteiger partial charge in [-0.2, -0.15) is 0 Å². The Kier molecular flexibility index (Phi) is 2.77. The number of carboxylic acid groups (broad SMARTS) is 1. The van der Waals surface area contributed by atoms with E-state index in [1.54, 1.807) is 0 Å².